The lowest BCUT2D eigenvalue weighted by atomic mass is 10.1. The molecule has 0 aliphatic carbocycles. The topological polar surface area (TPSA) is 15.3 Å². The molecule has 0 saturated heterocycles. The summed E-state index contributed by atoms with van der Waals surface area (Å²) in [6.45, 7) is 12.2. The van der Waals surface area contributed by atoms with Crippen LogP contribution >= 0.6 is 11.3 Å². The molecular formula is C17H25FN2S. The van der Waals surface area contributed by atoms with Gasteiger partial charge in [-0.3, -0.25) is 4.90 Å². The Morgan fingerprint density at radius 3 is 2.67 bits per heavy atom. The summed E-state index contributed by atoms with van der Waals surface area (Å²) >= 11 is 1.71. The van der Waals surface area contributed by atoms with E-state index in [1.54, 1.807) is 23.5 Å². The maximum absolute atomic E-state index is 14.3. The van der Waals surface area contributed by atoms with Crippen LogP contribution in [0.5, 0.6) is 0 Å². The van der Waals surface area contributed by atoms with Crippen molar-refractivity contribution in [1.29, 1.82) is 0 Å². The van der Waals surface area contributed by atoms with Gasteiger partial charge in [-0.15, -0.1) is 11.3 Å². The third kappa shape index (κ3) is 3.62. The van der Waals surface area contributed by atoms with Gasteiger partial charge in [-0.2, -0.15) is 0 Å². The number of fused-ring (bicyclic) bond motifs is 1. The molecule has 2 nitrogen and oxygen atoms in total. The zero-order valence-electron chi connectivity index (χ0n) is 13.4. The molecule has 0 radical (unpaired) electrons. The monoisotopic (exact) mass is 308 g/mol. The van der Waals surface area contributed by atoms with Crippen molar-refractivity contribution in [1.82, 2.24) is 10.2 Å². The number of halogens is 1. The van der Waals surface area contributed by atoms with Crippen molar-refractivity contribution in [2.75, 3.05) is 13.1 Å². The SMILES string of the molecule is CCNCc1sc2cccc(F)c2c1CN(CC)C(C)C. The molecule has 0 saturated carbocycles. The van der Waals surface area contributed by atoms with E-state index in [4.69, 9.17) is 0 Å². The van der Waals surface area contributed by atoms with Gasteiger partial charge in [0.25, 0.3) is 0 Å². The number of nitrogens with one attached hydrogen (secondary N) is 1. The Bertz CT molecular complexity index is 592. The van der Waals surface area contributed by atoms with E-state index in [0.717, 1.165) is 41.8 Å². The first kappa shape index (κ1) is 16.4. The summed E-state index contributed by atoms with van der Waals surface area (Å²) in [5.74, 6) is -0.0960. The highest BCUT2D eigenvalue weighted by molar-refractivity contribution is 7.19. The molecule has 2 rings (SSSR count). The molecule has 1 aromatic carbocycles. The van der Waals surface area contributed by atoms with Crippen molar-refractivity contribution >= 4 is 21.4 Å². The maximum atomic E-state index is 14.3. The molecule has 21 heavy (non-hydrogen) atoms. The predicted molar refractivity (Wildman–Crippen MR) is 90.4 cm³/mol. The highest BCUT2D eigenvalue weighted by Gasteiger charge is 2.18. The fourth-order valence-corrected chi connectivity index (χ4v) is 3.83. The number of thiophene rings is 1. The minimum absolute atomic E-state index is 0.0960. The third-order valence-corrected chi connectivity index (χ3v) is 5.08. The van der Waals surface area contributed by atoms with Crippen molar-refractivity contribution in [3.63, 3.8) is 0 Å². The second kappa shape index (κ2) is 7.34. The smallest absolute Gasteiger partial charge is 0.132 e. The molecule has 0 aliphatic heterocycles. The number of hydrogen-bond acceptors (Lipinski definition) is 3. The van der Waals surface area contributed by atoms with E-state index < -0.39 is 0 Å². The summed E-state index contributed by atoms with van der Waals surface area (Å²) in [5.41, 5.74) is 1.16. The summed E-state index contributed by atoms with van der Waals surface area (Å²) in [6, 6.07) is 5.85. The molecule has 0 unspecified atom stereocenters. The summed E-state index contributed by atoms with van der Waals surface area (Å²) in [4.78, 5) is 3.64. The molecule has 116 valence electrons. The van der Waals surface area contributed by atoms with Gasteiger partial charge < -0.3 is 5.32 Å². The summed E-state index contributed by atoms with van der Waals surface area (Å²) < 4.78 is 15.4. The lowest BCUT2D eigenvalue weighted by Crippen LogP contribution is -2.30. The Kier molecular flexibility index (Phi) is 5.73. The molecular weight excluding hydrogens is 283 g/mol. The molecule has 0 spiro atoms. The number of hydrogen-bond donors (Lipinski definition) is 1. The average molecular weight is 308 g/mol. The largest absolute Gasteiger partial charge is 0.312 e. The Hall–Kier alpha value is -0.970. The van der Waals surface area contributed by atoms with E-state index in [2.05, 4.69) is 37.9 Å². The van der Waals surface area contributed by atoms with E-state index in [9.17, 15) is 4.39 Å². The first-order chi connectivity index (χ1) is 10.1. The van der Waals surface area contributed by atoms with Gasteiger partial charge in [-0.1, -0.05) is 19.9 Å². The van der Waals surface area contributed by atoms with Crippen LogP contribution in [-0.4, -0.2) is 24.0 Å². The van der Waals surface area contributed by atoms with Crippen LogP contribution in [0.2, 0.25) is 0 Å². The molecule has 1 N–H and O–H groups in total. The van der Waals surface area contributed by atoms with E-state index in [0.29, 0.717) is 6.04 Å². The van der Waals surface area contributed by atoms with E-state index in [1.165, 1.54) is 4.88 Å². The Labute approximate surface area is 131 Å². The highest BCUT2D eigenvalue weighted by atomic mass is 32.1. The third-order valence-electron chi connectivity index (χ3n) is 3.88. The highest BCUT2D eigenvalue weighted by Crippen LogP contribution is 2.34. The molecule has 0 amide bonds. The Balaban J connectivity index is 2.46. The second-order valence-electron chi connectivity index (χ2n) is 5.55. The van der Waals surface area contributed by atoms with Gasteiger partial charge in [0, 0.05) is 34.1 Å². The normalized spacial score (nSPS) is 12.0. The lowest BCUT2D eigenvalue weighted by molar-refractivity contribution is 0.225. The number of benzene rings is 1. The average Bonchev–Trinajstić information content (AvgIpc) is 2.81. The zero-order valence-corrected chi connectivity index (χ0v) is 14.2. The maximum Gasteiger partial charge on any atom is 0.132 e. The lowest BCUT2D eigenvalue weighted by Gasteiger charge is -2.25. The van der Waals surface area contributed by atoms with Crippen LogP contribution in [-0.2, 0) is 13.1 Å². The first-order valence-corrected chi connectivity index (χ1v) is 8.53. The standard InChI is InChI=1S/C17H25FN2S/c1-5-19-10-16-13(11-20(6-2)12(3)4)17-14(18)8-7-9-15(17)21-16/h7-9,12,19H,5-6,10-11H2,1-4H3. The summed E-state index contributed by atoms with van der Waals surface area (Å²) in [6.07, 6.45) is 0. The van der Waals surface area contributed by atoms with E-state index >= 15 is 0 Å². The second-order valence-corrected chi connectivity index (χ2v) is 6.69. The van der Waals surface area contributed by atoms with Gasteiger partial charge in [0.2, 0.25) is 0 Å². The molecule has 1 heterocycles. The van der Waals surface area contributed by atoms with Crippen LogP contribution in [0.15, 0.2) is 18.2 Å². The fraction of sp³-hybridized carbons (Fsp3) is 0.529. The molecule has 2 aromatic rings. The Morgan fingerprint density at radius 1 is 1.29 bits per heavy atom. The van der Waals surface area contributed by atoms with Crippen LogP contribution < -0.4 is 5.32 Å². The van der Waals surface area contributed by atoms with Gasteiger partial charge in [0.1, 0.15) is 5.82 Å². The van der Waals surface area contributed by atoms with Crippen LogP contribution in [0.25, 0.3) is 10.1 Å². The van der Waals surface area contributed by atoms with E-state index in [1.807, 2.05) is 6.07 Å². The first-order valence-electron chi connectivity index (χ1n) is 7.72. The van der Waals surface area contributed by atoms with Crippen molar-refractivity contribution < 1.29 is 4.39 Å². The van der Waals surface area contributed by atoms with Crippen molar-refractivity contribution in [2.24, 2.45) is 0 Å². The van der Waals surface area contributed by atoms with Crippen molar-refractivity contribution in [3.8, 4) is 0 Å². The minimum atomic E-state index is -0.0960. The molecule has 4 heteroatoms. The molecule has 0 bridgehead atoms. The molecule has 0 fully saturated rings. The van der Waals surface area contributed by atoms with Crippen molar-refractivity contribution in [2.45, 2.75) is 46.8 Å². The van der Waals surface area contributed by atoms with Crippen LogP contribution in [0.3, 0.4) is 0 Å². The summed E-state index contributed by atoms with van der Waals surface area (Å²) in [5, 5.41) is 4.19. The van der Waals surface area contributed by atoms with E-state index in [-0.39, 0.29) is 5.82 Å². The molecule has 0 atom stereocenters. The van der Waals surface area contributed by atoms with Gasteiger partial charge in [0.05, 0.1) is 0 Å². The fourth-order valence-electron chi connectivity index (χ4n) is 2.63. The van der Waals surface area contributed by atoms with Crippen LogP contribution in [0.1, 0.15) is 38.1 Å². The van der Waals surface area contributed by atoms with Gasteiger partial charge >= 0.3 is 0 Å². The predicted octanol–water partition coefficient (Wildman–Crippen LogP) is 4.38. The van der Waals surface area contributed by atoms with Gasteiger partial charge in [-0.05, 0) is 44.6 Å². The Morgan fingerprint density at radius 2 is 2.05 bits per heavy atom. The minimum Gasteiger partial charge on any atom is -0.312 e. The van der Waals surface area contributed by atoms with Crippen molar-refractivity contribution in [3.05, 3.63) is 34.5 Å². The quantitative estimate of drug-likeness (QED) is 0.816. The number of nitrogens with zero attached hydrogens (tertiary/aromatic N) is 1. The van der Waals surface area contributed by atoms with Gasteiger partial charge in [-0.25, -0.2) is 4.39 Å². The number of rotatable bonds is 7. The molecule has 1 aromatic heterocycles. The van der Waals surface area contributed by atoms with Gasteiger partial charge in [0.15, 0.2) is 0 Å². The van der Waals surface area contributed by atoms with Crippen LogP contribution in [0.4, 0.5) is 4.39 Å². The summed E-state index contributed by atoms with van der Waals surface area (Å²) in [7, 11) is 0. The van der Waals surface area contributed by atoms with Crippen LogP contribution in [0, 0.1) is 5.82 Å². The molecule has 0 aliphatic rings. The zero-order chi connectivity index (χ0) is 15.4.